The number of rotatable bonds is 8. The van der Waals surface area contributed by atoms with Gasteiger partial charge in [-0.05, 0) is 99.5 Å². The van der Waals surface area contributed by atoms with Crippen LogP contribution in [0.15, 0.2) is 48.6 Å². The maximum Gasteiger partial charge on any atom is -0.0162 e. The van der Waals surface area contributed by atoms with E-state index >= 15 is 0 Å². The zero-order chi connectivity index (χ0) is 18.2. The predicted octanol–water partition coefficient (Wildman–Crippen LogP) is 8.00. The third-order valence-corrected chi connectivity index (χ3v) is 6.88. The average molecular weight is 351 g/mol. The molecule has 0 amide bonds. The summed E-state index contributed by atoms with van der Waals surface area (Å²) in [6.07, 6.45) is 20.8. The summed E-state index contributed by atoms with van der Waals surface area (Å²) >= 11 is 0. The zero-order valence-corrected chi connectivity index (χ0v) is 16.9. The lowest BCUT2D eigenvalue weighted by molar-refractivity contribution is 0.217. The molecule has 0 bridgehead atoms. The van der Waals surface area contributed by atoms with Crippen LogP contribution in [0, 0.1) is 11.8 Å². The Labute approximate surface area is 161 Å². The molecule has 0 radical (unpaired) electrons. The highest BCUT2D eigenvalue weighted by Crippen LogP contribution is 2.43. The minimum atomic E-state index is 0.815. The van der Waals surface area contributed by atoms with E-state index < -0.39 is 0 Å². The van der Waals surface area contributed by atoms with Crippen LogP contribution < -0.4 is 0 Å². The Morgan fingerprint density at radius 1 is 0.962 bits per heavy atom. The highest BCUT2D eigenvalue weighted by atomic mass is 14.3. The molecule has 1 fully saturated rings. The van der Waals surface area contributed by atoms with Gasteiger partial charge < -0.3 is 0 Å². The van der Waals surface area contributed by atoms with Crippen molar-refractivity contribution < 1.29 is 0 Å². The Morgan fingerprint density at radius 2 is 1.73 bits per heavy atom. The van der Waals surface area contributed by atoms with Gasteiger partial charge in [-0.3, -0.25) is 0 Å². The van der Waals surface area contributed by atoms with Crippen LogP contribution in [-0.2, 0) is 6.42 Å². The molecule has 1 saturated carbocycles. The number of benzene rings is 1. The second-order valence-electron chi connectivity index (χ2n) is 8.68. The molecule has 0 aliphatic heterocycles. The summed E-state index contributed by atoms with van der Waals surface area (Å²) in [6.45, 7) is 6.10. The Hall–Kier alpha value is -1.30. The molecule has 1 aromatic rings. The summed E-state index contributed by atoms with van der Waals surface area (Å²) in [4.78, 5) is 0. The molecule has 3 rings (SSSR count). The van der Waals surface area contributed by atoms with Gasteiger partial charge in [-0.15, -0.1) is 6.58 Å². The minimum Gasteiger partial charge on any atom is -0.103 e. The molecule has 1 unspecified atom stereocenters. The number of aryl methyl sites for hydroxylation is 1. The Bertz CT molecular complexity index is 569. The van der Waals surface area contributed by atoms with Crippen molar-refractivity contribution in [2.75, 3.05) is 0 Å². The molecule has 0 N–H and O–H groups in total. The van der Waals surface area contributed by atoms with Gasteiger partial charge in [0.1, 0.15) is 0 Å². The van der Waals surface area contributed by atoms with Crippen LogP contribution in [0.3, 0.4) is 0 Å². The monoisotopic (exact) mass is 350 g/mol. The van der Waals surface area contributed by atoms with Gasteiger partial charge >= 0.3 is 0 Å². The van der Waals surface area contributed by atoms with Crippen LogP contribution in [0.1, 0.15) is 94.6 Å². The lowest BCUT2D eigenvalue weighted by atomic mass is 9.70. The Balaban J connectivity index is 1.44. The SMILES string of the molecule is C=CCCCC1=CCC(C2CCC(c3ccc(CCC)cc3)CC2)CC1. The fourth-order valence-electron chi connectivity index (χ4n) is 5.21. The number of unbranched alkanes of at least 4 members (excludes halogenated alkanes) is 1. The molecule has 0 heterocycles. The third-order valence-electron chi connectivity index (χ3n) is 6.88. The van der Waals surface area contributed by atoms with E-state index in [0.717, 1.165) is 17.8 Å². The number of allylic oxidation sites excluding steroid dienone is 3. The maximum absolute atomic E-state index is 3.84. The van der Waals surface area contributed by atoms with Crippen molar-refractivity contribution in [2.45, 2.75) is 89.9 Å². The molecule has 142 valence electrons. The predicted molar refractivity (Wildman–Crippen MR) is 115 cm³/mol. The quantitative estimate of drug-likeness (QED) is 0.329. The van der Waals surface area contributed by atoms with Crippen molar-refractivity contribution >= 4 is 0 Å². The van der Waals surface area contributed by atoms with Gasteiger partial charge in [-0.25, -0.2) is 0 Å². The van der Waals surface area contributed by atoms with E-state index in [2.05, 4.69) is 49.9 Å². The largest absolute Gasteiger partial charge is 0.103 e. The molecule has 1 aromatic carbocycles. The van der Waals surface area contributed by atoms with Crippen LogP contribution in [0.25, 0.3) is 0 Å². The maximum atomic E-state index is 3.84. The summed E-state index contributed by atoms with van der Waals surface area (Å²) in [5, 5.41) is 0. The lowest BCUT2D eigenvalue weighted by Crippen LogP contribution is -2.22. The first kappa shape index (κ1) is 19.5. The van der Waals surface area contributed by atoms with E-state index in [1.54, 1.807) is 11.1 Å². The first-order chi connectivity index (χ1) is 12.8. The molecule has 2 aliphatic carbocycles. The molecule has 2 aliphatic rings. The molecule has 0 saturated heterocycles. The van der Waals surface area contributed by atoms with Crippen molar-refractivity contribution in [2.24, 2.45) is 11.8 Å². The van der Waals surface area contributed by atoms with Crippen molar-refractivity contribution in [3.8, 4) is 0 Å². The van der Waals surface area contributed by atoms with Gasteiger partial charge in [-0.2, -0.15) is 0 Å². The van der Waals surface area contributed by atoms with Crippen LogP contribution in [-0.4, -0.2) is 0 Å². The molecule has 26 heavy (non-hydrogen) atoms. The summed E-state index contributed by atoms with van der Waals surface area (Å²) in [7, 11) is 0. The Kier molecular flexibility index (Phi) is 7.59. The van der Waals surface area contributed by atoms with E-state index in [1.165, 1.54) is 82.6 Å². The van der Waals surface area contributed by atoms with E-state index in [1.807, 2.05) is 0 Å². The van der Waals surface area contributed by atoms with Crippen molar-refractivity contribution in [3.63, 3.8) is 0 Å². The first-order valence-electron chi connectivity index (χ1n) is 11.2. The van der Waals surface area contributed by atoms with E-state index in [9.17, 15) is 0 Å². The fourth-order valence-corrected chi connectivity index (χ4v) is 5.21. The molecular weight excluding hydrogens is 312 g/mol. The normalized spacial score (nSPS) is 26.3. The standard InChI is InChI=1S/C26H38/c1-3-5-6-8-22-11-15-24(16-12-22)26-19-17-25(18-20-26)23-13-9-21(7-4-2)10-14-23/h3,9-11,13-14,24-26H,1,4-8,12,15-20H2,2H3. The van der Waals surface area contributed by atoms with E-state index in [0.29, 0.717) is 0 Å². The molecule has 0 aromatic heterocycles. The minimum absolute atomic E-state index is 0.815. The van der Waals surface area contributed by atoms with Crippen LogP contribution in [0.2, 0.25) is 0 Å². The summed E-state index contributed by atoms with van der Waals surface area (Å²) < 4.78 is 0. The topological polar surface area (TPSA) is 0 Å². The Morgan fingerprint density at radius 3 is 2.35 bits per heavy atom. The molecular formula is C26H38. The fraction of sp³-hybridized carbons (Fsp3) is 0.615. The van der Waals surface area contributed by atoms with Crippen LogP contribution in [0.4, 0.5) is 0 Å². The van der Waals surface area contributed by atoms with Crippen molar-refractivity contribution in [3.05, 3.63) is 59.7 Å². The zero-order valence-electron chi connectivity index (χ0n) is 16.9. The van der Waals surface area contributed by atoms with Crippen LogP contribution >= 0.6 is 0 Å². The molecule has 0 spiro atoms. The van der Waals surface area contributed by atoms with Gasteiger partial charge in [0, 0.05) is 0 Å². The van der Waals surface area contributed by atoms with Gasteiger partial charge in [0.05, 0.1) is 0 Å². The van der Waals surface area contributed by atoms with Crippen molar-refractivity contribution in [1.29, 1.82) is 0 Å². The number of hydrogen-bond acceptors (Lipinski definition) is 0. The van der Waals surface area contributed by atoms with Gasteiger partial charge in [-0.1, -0.05) is 55.3 Å². The smallest absolute Gasteiger partial charge is 0.0162 e. The highest BCUT2D eigenvalue weighted by Gasteiger charge is 2.29. The second-order valence-corrected chi connectivity index (χ2v) is 8.68. The van der Waals surface area contributed by atoms with Gasteiger partial charge in [0.25, 0.3) is 0 Å². The van der Waals surface area contributed by atoms with Crippen molar-refractivity contribution in [1.82, 2.24) is 0 Å². The average Bonchev–Trinajstić information content (AvgIpc) is 2.70. The summed E-state index contributed by atoms with van der Waals surface area (Å²) in [5.41, 5.74) is 4.82. The second kappa shape index (κ2) is 10.1. The highest BCUT2D eigenvalue weighted by molar-refractivity contribution is 5.26. The van der Waals surface area contributed by atoms with Gasteiger partial charge in [0.2, 0.25) is 0 Å². The first-order valence-corrected chi connectivity index (χ1v) is 11.2. The van der Waals surface area contributed by atoms with Gasteiger partial charge in [0.15, 0.2) is 0 Å². The molecule has 0 heteroatoms. The molecule has 0 nitrogen and oxygen atoms in total. The van der Waals surface area contributed by atoms with E-state index in [-0.39, 0.29) is 0 Å². The third kappa shape index (κ3) is 5.35. The summed E-state index contributed by atoms with van der Waals surface area (Å²) in [6, 6.07) is 9.55. The van der Waals surface area contributed by atoms with E-state index in [4.69, 9.17) is 0 Å². The number of hydrogen-bond donors (Lipinski definition) is 0. The van der Waals surface area contributed by atoms with Crippen LogP contribution in [0.5, 0.6) is 0 Å². The summed E-state index contributed by atoms with van der Waals surface area (Å²) in [5.74, 6) is 2.76. The lowest BCUT2D eigenvalue weighted by Gasteiger charge is -2.35. The molecule has 1 atom stereocenters.